The highest BCUT2D eigenvalue weighted by Gasteiger charge is 2.21. The Hall–Kier alpha value is -1.38. The minimum absolute atomic E-state index is 0.224. The Labute approximate surface area is 89.7 Å². The summed E-state index contributed by atoms with van der Waals surface area (Å²) in [4.78, 5) is 15.4. The Morgan fingerprint density at radius 2 is 2.40 bits per heavy atom. The summed E-state index contributed by atoms with van der Waals surface area (Å²) in [5.74, 6) is 0.0136. The van der Waals surface area contributed by atoms with Crippen molar-refractivity contribution in [3.63, 3.8) is 0 Å². The van der Waals surface area contributed by atoms with Crippen LogP contribution in [0.25, 0.3) is 0 Å². The molecule has 0 spiro atoms. The van der Waals surface area contributed by atoms with Crippen LogP contribution in [-0.2, 0) is 11.2 Å². The maximum Gasteiger partial charge on any atom is 0.218 e. The summed E-state index contributed by atoms with van der Waals surface area (Å²) in [6.07, 6.45) is 6.70. The number of amides is 1. The van der Waals surface area contributed by atoms with E-state index in [2.05, 4.69) is 11.1 Å². The molecule has 0 bridgehead atoms. The van der Waals surface area contributed by atoms with Gasteiger partial charge in [0, 0.05) is 24.2 Å². The molecule has 0 fully saturated rings. The highest BCUT2D eigenvalue weighted by atomic mass is 16.1. The molecule has 80 valence electrons. The Kier molecular flexibility index (Phi) is 2.99. The zero-order valence-electron chi connectivity index (χ0n) is 8.78. The second-order valence-electron chi connectivity index (χ2n) is 4.16. The number of carbonyl (C=O) groups is 1. The molecule has 0 radical (unpaired) electrons. The first-order chi connectivity index (χ1) is 7.27. The van der Waals surface area contributed by atoms with Crippen molar-refractivity contribution in [2.45, 2.75) is 38.0 Å². The zero-order valence-corrected chi connectivity index (χ0v) is 8.78. The van der Waals surface area contributed by atoms with Crippen LogP contribution >= 0.6 is 0 Å². The quantitative estimate of drug-likeness (QED) is 0.746. The van der Waals surface area contributed by atoms with Crippen LogP contribution < -0.4 is 5.73 Å². The molecule has 1 aromatic heterocycles. The third-order valence-corrected chi connectivity index (χ3v) is 3.01. The van der Waals surface area contributed by atoms with Crippen LogP contribution in [-0.4, -0.2) is 10.9 Å². The first-order valence-corrected chi connectivity index (χ1v) is 5.49. The van der Waals surface area contributed by atoms with E-state index in [1.54, 1.807) is 6.20 Å². The fourth-order valence-corrected chi connectivity index (χ4v) is 2.31. The largest absolute Gasteiger partial charge is 0.370 e. The average molecular weight is 204 g/mol. The Balaban J connectivity index is 2.28. The van der Waals surface area contributed by atoms with Crippen molar-refractivity contribution in [3.8, 4) is 0 Å². The molecule has 1 unspecified atom stereocenters. The van der Waals surface area contributed by atoms with E-state index in [4.69, 9.17) is 5.73 Å². The van der Waals surface area contributed by atoms with Gasteiger partial charge in [0.1, 0.15) is 0 Å². The molecule has 3 heteroatoms. The van der Waals surface area contributed by atoms with Gasteiger partial charge in [-0.2, -0.15) is 0 Å². The van der Waals surface area contributed by atoms with Gasteiger partial charge in [-0.05, 0) is 30.9 Å². The molecule has 0 aliphatic heterocycles. The zero-order chi connectivity index (χ0) is 10.7. The van der Waals surface area contributed by atoms with Gasteiger partial charge < -0.3 is 5.73 Å². The number of carbonyl (C=O) groups excluding carboxylic acids is 1. The lowest BCUT2D eigenvalue weighted by atomic mass is 9.94. The van der Waals surface area contributed by atoms with Crippen molar-refractivity contribution in [2.24, 2.45) is 5.73 Å². The predicted octanol–water partition coefficient (Wildman–Crippen LogP) is 1.77. The van der Waals surface area contributed by atoms with Gasteiger partial charge in [-0.1, -0.05) is 12.5 Å². The standard InChI is InChI=1S/C12H16N2O/c13-11(15)8-10-5-2-1-4-9-6-3-7-14-12(9)10/h3,6-7,10H,1-2,4-5,8H2,(H2,13,15). The highest BCUT2D eigenvalue weighted by Crippen LogP contribution is 2.30. The minimum Gasteiger partial charge on any atom is -0.370 e. The van der Waals surface area contributed by atoms with Crippen molar-refractivity contribution in [1.82, 2.24) is 4.98 Å². The van der Waals surface area contributed by atoms with E-state index in [0.717, 1.165) is 25.0 Å². The number of pyridine rings is 1. The van der Waals surface area contributed by atoms with Crippen LogP contribution in [0.2, 0.25) is 0 Å². The summed E-state index contributed by atoms with van der Waals surface area (Å²) in [5, 5.41) is 0. The van der Waals surface area contributed by atoms with Crippen LogP contribution in [0.1, 0.15) is 42.9 Å². The van der Waals surface area contributed by atoms with E-state index in [9.17, 15) is 4.79 Å². The first kappa shape index (κ1) is 10.1. The number of rotatable bonds is 2. The Morgan fingerprint density at radius 3 is 3.20 bits per heavy atom. The summed E-state index contributed by atoms with van der Waals surface area (Å²) in [7, 11) is 0. The Bertz CT molecular complexity index is 362. The van der Waals surface area contributed by atoms with Crippen molar-refractivity contribution in [2.75, 3.05) is 0 Å². The van der Waals surface area contributed by atoms with E-state index in [1.165, 1.54) is 12.0 Å². The molecule has 0 saturated heterocycles. The van der Waals surface area contributed by atoms with Gasteiger partial charge in [-0.15, -0.1) is 0 Å². The lowest BCUT2D eigenvalue weighted by Crippen LogP contribution is -2.16. The second-order valence-corrected chi connectivity index (χ2v) is 4.16. The lowest BCUT2D eigenvalue weighted by Gasteiger charge is -2.14. The lowest BCUT2D eigenvalue weighted by molar-refractivity contribution is -0.118. The fourth-order valence-electron chi connectivity index (χ4n) is 2.31. The van der Waals surface area contributed by atoms with E-state index in [1.807, 2.05) is 6.07 Å². The monoisotopic (exact) mass is 204 g/mol. The molecule has 0 aromatic carbocycles. The topological polar surface area (TPSA) is 56.0 Å². The summed E-state index contributed by atoms with van der Waals surface area (Å²) >= 11 is 0. The van der Waals surface area contributed by atoms with Crippen molar-refractivity contribution >= 4 is 5.91 Å². The second kappa shape index (κ2) is 4.43. The van der Waals surface area contributed by atoms with E-state index < -0.39 is 0 Å². The average Bonchev–Trinajstić information content (AvgIpc) is 2.41. The fraction of sp³-hybridized carbons (Fsp3) is 0.500. The van der Waals surface area contributed by atoms with Gasteiger partial charge in [0.05, 0.1) is 0 Å². The Morgan fingerprint density at radius 1 is 1.53 bits per heavy atom. The smallest absolute Gasteiger partial charge is 0.218 e. The normalized spacial score (nSPS) is 20.4. The summed E-state index contributed by atoms with van der Waals surface area (Å²) in [5.41, 5.74) is 7.65. The molecular formula is C12H16N2O. The van der Waals surface area contributed by atoms with Crippen LogP contribution in [0, 0.1) is 0 Å². The first-order valence-electron chi connectivity index (χ1n) is 5.49. The molecule has 1 aliphatic rings. The van der Waals surface area contributed by atoms with Crippen molar-refractivity contribution < 1.29 is 4.79 Å². The van der Waals surface area contributed by atoms with Crippen LogP contribution in [0.5, 0.6) is 0 Å². The molecule has 1 heterocycles. The molecule has 2 N–H and O–H groups in total. The highest BCUT2D eigenvalue weighted by molar-refractivity contribution is 5.74. The molecular weight excluding hydrogens is 188 g/mol. The number of aromatic nitrogens is 1. The number of nitrogens with zero attached hydrogens (tertiary/aromatic N) is 1. The number of nitrogens with two attached hydrogens (primary N) is 1. The summed E-state index contributed by atoms with van der Waals surface area (Å²) in [6.45, 7) is 0. The molecule has 1 amide bonds. The molecule has 15 heavy (non-hydrogen) atoms. The van der Waals surface area contributed by atoms with Crippen LogP contribution in [0.4, 0.5) is 0 Å². The summed E-state index contributed by atoms with van der Waals surface area (Å²) in [6, 6.07) is 4.08. The maximum atomic E-state index is 11.0. The SMILES string of the molecule is NC(=O)CC1CCCCc2cccnc21. The molecule has 1 aliphatic carbocycles. The van der Waals surface area contributed by atoms with E-state index >= 15 is 0 Å². The molecule has 1 atom stereocenters. The molecule has 3 nitrogen and oxygen atoms in total. The van der Waals surface area contributed by atoms with Gasteiger partial charge in [0.15, 0.2) is 0 Å². The van der Waals surface area contributed by atoms with Crippen molar-refractivity contribution in [3.05, 3.63) is 29.6 Å². The summed E-state index contributed by atoms with van der Waals surface area (Å²) < 4.78 is 0. The van der Waals surface area contributed by atoms with Gasteiger partial charge in [-0.3, -0.25) is 9.78 Å². The number of hydrogen-bond donors (Lipinski definition) is 1. The van der Waals surface area contributed by atoms with Gasteiger partial charge in [0.2, 0.25) is 5.91 Å². The van der Waals surface area contributed by atoms with Gasteiger partial charge >= 0.3 is 0 Å². The van der Waals surface area contributed by atoms with Gasteiger partial charge in [0.25, 0.3) is 0 Å². The van der Waals surface area contributed by atoms with Crippen LogP contribution in [0.15, 0.2) is 18.3 Å². The predicted molar refractivity (Wildman–Crippen MR) is 58.3 cm³/mol. The third-order valence-electron chi connectivity index (χ3n) is 3.01. The van der Waals surface area contributed by atoms with E-state index in [0.29, 0.717) is 6.42 Å². The molecule has 0 saturated carbocycles. The third kappa shape index (κ3) is 2.35. The maximum absolute atomic E-state index is 11.0. The number of primary amides is 1. The van der Waals surface area contributed by atoms with Crippen molar-refractivity contribution in [1.29, 1.82) is 0 Å². The van der Waals surface area contributed by atoms with E-state index in [-0.39, 0.29) is 11.8 Å². The number of hydrogen-bond acceptors (Lipinski definition) is 2. The molecule has 2 rings (SSSR count). The van der Waals surface area contributed by atoms with Crippen LogP contribution in [0.3, 0.4) is 0 Å². The minimum atomic E-state index is -0.224. The molecule has 1 aromatic rings. The number of fused-ring (bicyclic) bond motifs is 1. The van der Waals surface area contributed by atoms with Gasteiger partial charge in [-0.25, -0.2) is 0 Å². The number of aryl methyl sites for hydroxylation is 1.